The largest absolute Gasteiger partial charge is 0.288 e. The molecule has 2 aromatic rings. The fourth-order valence-electron chi connectivity index (χ4n) is 4.19. The number of fused-ring (bicyclic) bond motifs is 1. The third-order valence-electron chi connectivity index (χ3n) is 5.59. The molecule has 3 rings (SSSR count). The summed E-state index contributed by atoms with van der Waals surface area (Å²) >= 11 is 0. The summed E-state index contributed by atoms with van der Waals surface area (Å²) in [5.74, 6) is 0. The molecule has 1 aromatic heterocycles. The van der Waals surface area contributed by atoms with Gasteiger partial charge in [-0.3, -0.25) is 9.98 Å². The van der Waals surface area contributed by atoms with Crippen LogP contribution in [0.3, 0.4) is 0 Å². The van der Waals surface area contributed by atoms with Gasteiger partial charge in [0.25, 0.3) is 0 Å². The Balaban J connectivity index is 2.04. The van der Waals surface area contributed by atoms with Crippen LogP contribution >= 0.6 is 0 Å². The fourth-order valence-corrected chi connectivity index (χ4v) is 4.19. The highest BCUT2D eigenvalue weighted by atomic mass is 14.8. The normalized spacial score (nSPS) is 20.5. The molecule has 2 heterocycles. The Morgan fingerprint density at radius 2 is 2.04 bits per heavy atom. The van der Waals surface area contributed by atoms with Crippen LogP contribution in [0.25, 0.3) is 16.5 Å². The summed E-state index contributed by atoms with van der Waals surface area (Å²) in [5.41, 5.74) is 8.20. The molecule has 0 fully saturated rings. The van der Waals surface area contributed by atoms with E-state index in [0.717, 1.165) is 29.6 Å². The average molecular weight is 371 g/mol. The summed E-state index contributed by atoms with van der Waals surface area (Å²) < 4.78 is 0. The van der Waals surface area contributed by atoms with E-state index in [1.54, 1.807) is 0 Å². The minimum Gasteiger partial charge on any atom is -0.288 e. The Morgan fingerprint density at radius 1 is 1.25 bits per heavy atom. The number of benzene rings is 1. The van der Waals surface area contributed by atoms with Gasteiger partial charge in [0.1, 0.15) is 0 Å². The van der Waals surface area contributed by atoms with E-state index in [-0.39, 0.29) is 5.41 Å². The van der Waals surface area contributed by atoms with Gasteiger partial charge in [-0.05, 0) is 56.5 Å². The van der Waals surface area contributed by atoms with Gasteiger partial charge < -0.3 is 0 Å². The number of nitrogens with zero attached hydrogens (tertiary/aromatic N) is 2. The van der Waals surface area contributed by atoms with Crippen molar-refractivity contribution in [2.45, 2.75) is 41.0 Å². The molecule has 1 aliphatic heterocycles. The zero-order chi connectivity index (χ0) is 20.3. The third kappa shape index (κ3) is 3.64. The van der Waals surface area contributed by atoms with Crippen molar-refractivity contribution in [3.63, 3.8) is 0 Å². The van der Waals surface area contributed by atoms with Crippen molar-refractivity contribution >= 4 is 22.2 Å². The maximum absolute atomic E-state index is 5.00. The maximum atomic E-state index is 5.00. The van der Waals surface area contributed by atoms with Crippen LogP contribution in [0.4, 0.5) is 0 Å². The molecular weight excluding hydrogens is 340 g/mol. The molecule has 2 heteroatoms. The van der Waals surface area contributed by atoms with Crippen molar-refractivity contribution in [2.75, 3.05) is 6.54 Å². The summed E-state index contributed by atoms with van der Waals surface area (Å²) in [5, 5.41) is 1.17. The summed E-state index contributed by atoms with van der Waals surface area (Å²) in [4.78, 5) is 9.68. The van der Waals surface area contributed by atoms with E-state index in [0.29, 0.717) is 0 Å². The molecule has 144 valence electrons. The zero-order valence-corrected chi connectivity index (χ0v) is 17.7. The average Bonchev–Trinajstić information content (AvgIpc) is 3.07. The first-order chi connectivity index (χ1) is 13.4. The van der Waals surface area contributed by atoms with Gasteiger partial charge >= 0.3 is 0 Å². The van der Waals surface area contributed by atoms with Gasteiger partial charge in [0.05, 0.1) is 5.52 Å². The van der Waals surface area contributed by atoms with Crippen LogP contribution in [0.5, 0.6) is 0 Å². The van der Waals surface area contributed by atoms with Gasteiger partial charge in [-0.15, -0.1) is 0 Å². The number of allylic oxidation sites excluding steroid dienone is 6. The first kappa shape index (κ1) is 20.0. The van der Waals surface area contributed by atoms with E-state index in [9.17, 15) is 0 Å². The minimum atomic E-state index is 0.0254. The molecule has 1 aromatic carbocycles. The predicted molar refractivity (Wildman–Crippen MR) is 123 cm³/mol. The van der Waals surface area contributed by atoms with Crippen molar-refractivity contribution in [1.82, 2.24) is 4.98 Å². The molecule has 0 N–H and O–H groups in total. The van der Waals surface area contributed by atoms with Gasteiger partial charge in [-0.25, -0.2) is 0 Å². The summed E-state index contributed by atoms with van der Waals surface area (Å²) in [6, 6.07) is 6.43. The lowest BCUT2D eigenvalue weighted by Crippen LogP contribution is -2.20. The van der Waals surface area contributed by atoms with Crippen molar-refractivity contribution in [1.29, 1.82) is 0 Å². The van der Waals surface area contributed by atoms with Crippen LogP contribution < -0.4 is 0 Å². The quantitative estimate of drug-likeness (QED) is 0.528. The molecular formula is C26H30N2. The van der Waals surface area contributed by atoms with Gasteiger partial charge in [-0.1, -0.05) is 49.9 Å². The number of aliphatic imine (C=N–C) groups is 1. The monoisotopic (exact) mass is 370 g/mol. The van der Waals surface area contributed by atoms with Crippen LogP contribution in [0.15, 0.2) is 71.9 Å². The van der Waals surface area contributed by atoms with E-state index in [1.807, 2.05) is 25.3 Å². The van der Waals surface area contributed by atoms with E-state index in [2.05, 4.69) is 75.7 Å². The highest BCUT2D eigenvalue weighted by molar-refractivity contribution is 6.13. The number of aromatic nitrogens is 1. The van der Waals surface area contributed by atoms with Gasteiger partial charge in [0.15, 0.2) is 0 Å². The second kappa shape index (κ2) is 8.10. The van der Waals surface area contributed by atoms with Crippen molar-refractivity contribution in [2.24, 2.45) is 10.4 Å². The lowest BCUT2D eigenvalue weighted by Gasteiger charge is -2.25. The number of rotatable bonds is 5. The number of aryl methyl sites for hydroxylation is 1. The molecule has 0 amide bonds. The Hall–Kier alpha value is -2.74. The Kier molecular flexibility index (Phi) is 5.79. The molecule has 0 spiro atoms. The summed E-state index contributed by atoms with van der Waals surface area (Å²) in [6.45, 7) is 15.6. The van der Waals surface area contributed by atoms with Crippen molar-refractivity contribution in [3.8, 4) is 0 Å². The van der Waals surface area contributed by atoms with Crippen LogP contribution in [0.1, 0.15) is 50.8 Å². The molecule has 0 aliphatic carbocycles. The molecule has 0 saturated heterocycles. The third-order valence-corrected chi connectivity index (χ3v) is 5.59. The Morgan fingerprint density at radius 3 is 2.71 bits per heavy atom. The van der Waals surface area contributed by atoms with Crippen LogP contribution in [-0.2, 0) is 0 Å². The molecule has 28 heavy (non-hydrogen) atoms. The number of hydrogen-bond acceptors (Lipinski definition) is 2. The van der Waals surface area contributed by atoms with Crippen molar-refractivity contribution in [3.05, 3.63) is 83.6 Å². The Bertz CT molecular complexity index is 1030. The molecule has 0 saturated carbocycles. The number of pyridine rings is 1. The van der Waals surface area contributed by atoms with Crippen LogP contribution in [0, 0.1) is 12.3 Å². The van der Waals surface area contributed by atoms with Gasteiger partial charge in [0, 0.05) is 46.8 Å². The zero-order valence-electron chi connectivity index (χ0n) is 17.7. The molecule has 0 radical (unpaired) electrons. The van der Waals surface area contributed by atoms with E-state index < -0.39 is 0 Å². The highest BCUT2D eigenvalue weighted by Crippen LogP contribution is 2.40. The lowest BCUT2D eigenvalue weighted by molar-refractivity contribution is 0.466. The second-order valence-electron chi connectivity index (χ2n) is 7.93. The smallest absolute Gasteiger partial charge is 0.0786 e. The first-order valence-electron chi connectivity index (χ1n) is 9.95. The van der Waals surface area contributed by atoms with Crippen LogP contribution in [0.2, 0.25) is 0 Å². The second-order valence-corrected chi connectivity index (χ2v) is 7.93. The topological polar surface area (TPSA) is 25.2 Å². The fraction of sp³-hybridized carbons (Fsp3) is 0.308. The summed E-state index contributed by atoms with van der Waals surface area (Å²) in [7, 11) is 0. The standard InChI is InChI=1S/C26H30N2/c1-7-9-10-12-20(8-2)26(6)16-23(28-17-26)22-15-19(5)24(18(3)4)25-21(22)13-11-14-27-25/h7-15H,3,16-17H2,1-2,4-6H3/b9-7-,12-10-,20-8+. The van der Waals surface area contributed by atoms with E-state index in [1.165, 1.54) is 27.8 Å². The Labute approximate surface area is 169 Å². The maximum Gasteiger partial charge on any atom is 0.0786 e. The highest BCUT2D eigenvalue weighted by Gasteiger charge is 2.34. The van der Waals surface area contributed by atoms with E-state index in [4.69, 9.17) is 4.99 Å². The molecule has 1 aliphatic rings. The van der Waals surface area contributed by atoms with Crippen molar-refractivity contribution < 1.29 is 0 Å². The molecule has 1 unspecified atom stereocenters. The molecule has 0 bridgehead atoms. The molecule has 1 atom stereocenters. The van der Waals surface area contributed by atoms with Gasteiger partial charge in [-0.2, -0.15) is 0 Å². The number of hydrogen-bond donors (Lipinski definition) is 0. The minimum absolute atomic E-state index is 0.0254. The predicted octanol–water partition coefficient (Wildman–Crippen LogP) is 6.85. The molecule has 2 nitrogen and oxygen atoms in total. The van der Waals surface area contributed by atoms with E-state index >= 15 is 0 Å². The van der Waals surface area contributed by atoms with Crippen LogP contribution in [-0.4, -0.2) is 17.2 Å². The summed E-state index contributed by atoms with van der Waals surface area (Å²) in [6.07, 6.45) is 13.5. The first-order valence-corrected chi connectivity index (χ1v) is 9.95. The SMILES string of the molecule is C=C(C)c1c(C)cc(C2=NCC(C)(C(/C=C\C=C/C)=C/C)C2)c2cccnc12. The lowest BCUT2D eigenvalue weighted by atomic mass is 9.78. The van der Waals surface area contributed by atoms with Gasteiger partial charge in [0.2, 0.25) is 0 Å².